The molecule has 0 saturated heterocycles. The van der Waals surface area contributed by atoms with E-state index in [2.05, 4.69) is 26.3 Å². The van der Waals surface area contributed by atoms with Gasteiger partial charge in [0, 0.05) is 8.41 Å². The van der Waals surface area contributed by atoms with E-state index in [-0.39, 0.29) is 8.41 Å². The Kier molecular flexibility index (Phi) is 9.47. The summed E-state index contributed by atoms with van der Waals surface area (Å²) in [4.78, 5) is 0. The van der Waals surface area contributed by atoms with Crippen LogP contribution in [0, 0.1) is 0 Å². The van der Waals surface area contributed by atoms with E-state index in [0.29, 0.717) is 0 Å². The molecule has 0 saturated carbocycles. The van der Waals surface area contributed by atoms with Crippen molar-refractivity contribution in [1.82, 2.24) is 0 Å². The van der Waals surface area contributed by atoms with Crippen LogP contribution >= 0.6 is 0 Å². The molecular formula is C12H20BN+. The van der Waals surface area contributed by atoms with Crippen LogP contribution in [0.3, 0.4) is 0 Å². The largest absolute Gasteiger partial charge is 0.311 e. The molecule has 0 aliphatic rings. The minimum atomic E-state index is 0. The first kappa shape index (κ1) is 15.5. The molecule has 0 aliphatic heterocycles. The summed E-state index contributed by atoms with van der Waals surface area (Å²) in [7, 11) is 0. The van der Waals surface area contributed by atoms with Gasteiger partial charge >= 0.3 is 0 Å². The number of hydrogen-bond donors (Lipinski definition) is 0. The lowest BCUT2D eigenvalue weighted by Gasteiger charge is -2.35. The molecule has 0 atom stereocenters. The Hall–Kier alpha value is -1.02. The first-order valence-electron chi connectivity index (χ1n) is 4.53. The second-order valence-electron chi connectivity index (χ2n) is 3.23. The number of nitrogens with zero attached hydrogens (tertiary/aromatic N) is 1. The van der Waals surface area contributed by atoms with Crippen molar-refractivity contribution in [2.75, 3.05) is 26.2 Å². The van der Waals surface area contributed by atoms with Gasteiger partial charge < -0.3 is 4.48 Å². The second-order valence-corrected chi connectivity index (χ2v) is 3.23. The van der Waals surface area contributed by atoms with E-state index >= 15 is 0 Å². The highest BCUT2D eigenvalue weighted by atomic mass is 15.3. The standard InChI is InChI=1S/C12H20N.B/c1-5-9-13(10-6-2,11-7-3)12-8-4;/h5-8H,1-4,9-12H2;/q+1;. The molecule has 0 aromatic rings. The molecule has 0 bridgehead atoms. The first-order valence-corrected chi connectivity index (χ1v) is 4.53. The topological polar surface area (TPSA) is 0 Å². The highest BCUT2D eigenvalue weighted by Crippen LogP contribution is 2.07. The summed E-state index contributed by atoms with van der Waals surface area (Å²) in [5.41, 5.74) is 0. The molecule has 0 aromatic carbocycles. The lowest BCUT2D eigenvalue weighted by Crippen LogP contribution is -2.48. The maximum absolute atomic E-state index is 3.77. The SMILES string of the molecule is C=CC[N+](CC=C)(CC=C)CC=C.[B]. The second kappa shape index (κ2) is 8.58. The molecule has 14 heavy (non-hydrogen) atoms. The normalized spacial score (nSPS) is 9.71. The third-order valence-electron chi connectivity index (χ3n) is 2.07. The molecule has 0 aromatic heterocycles. The van der Waals surface area contributed by atoms with E-state index in [4.69, 9.17) is 0 Å². The van der Waals surface area contributed by atoms with Crippen molar-refractivity contribution in [1.29, 1.82) is 0 Å². The summed E-state index contributed by atoms with van der Waals surface area (Å²) >= 11 is 0. The van der Waals surface area contributed by atoms with Gasteiger partial charge in [0.1, 0.15) is 0 Å². The number of rotatable bonds is 8. The Balaban J connectivity index is 0. The van der Waals surface area contributed by atoms with Crippen LogP contribution in [-0.4, -0.2) is 39.1 Å². The summed E-state index contributed by atoms with van der Waals surface area (Å²) in [6, 6.07) is 0. The van der Waals surface area contributed by atoms with Crippen molar-refractivity contribution in [3.8, 4) is 0 Å². The van der Waals surface area contributed by atoms with Gasteiger partial charge in [-0.1, -0.05) is 26.3 Å². The first-order chi connectivity index (χ1) is 6.24. The number of hydrogen-bond acceptors (Lipinski definition) is 0. The third kappa shape index (κ3) is 4.88. The predicted molar refractivity (Wildman–Crippen MR) is 66.3 cm³/mol. The molecule has 0 rings (SSSR count). The highest BCUT2D eigenvalue weighted by Gasteiger charge is 2.20. The van der Waals surface area contributed by atoms with Crippen LogP contribution in [0.15, 0.2) is 50.6 Å². The molecule has 0 N–H and O–H groups in total. The van der Waals surface area contributed by atoms with Gasteiger partial charge in [-0.15, -0.1) is 0 Å². The predicted octanol–water partition coefficient (Wildman–Crippen LogP) is 2.17. The zero-order chi connectivity index (χ0) is 10.2. The summed E-state index contributed by atoms with van der Waals surface area (Å²) < 4.78 is 0.903. The Morgan fingerprint density at radius 1 is 0.643 bits per heavy atom. The zero-order valence-corrected chi connectivity index (χ0v) is 8.99. The molecule has 0 fully saturated rings. The van der Waals surface area contributed by atoms with Crippen LogP contribution in [0.5, 0.6) is 0 Å². The maximum atomic E-state index is 3.77. The van der Waals surface area contributed by atoms with Crippen LogP contribution in [0.25, 0.3) is 0 Å². The Labute approximate surface area is 90.3 Å². The molecule has 0 spiro atoms. The van der Waals surface area contributed by atoms with Crippen molar-refractivity contribution < 1.29 is 4.48 Å². The van der Waals surface area contributed by atoms with Gasteiger partial charge in [-0.2, -0.15) is 0 Å². The monoisotopic (exact) mass is 189 g/mol. The van der Waals surface area contributed by atoms with Crippen LogP contribution in [0.2, 0.25) is 0 Å². The lowest BCUT2D eigenvalue weighted by molar-refractivity contribution is -0.906. The van der Waals surface area contributed by atoms with Gasteiger partial charge in [-0.25, -0.2) is 0 Å². The lowest BCUT2D eigenvalue weighted by atomic mass is 10.3. The molecule has 2 heteroatoms. The van der Waals surface area contributed by atoms with Crippen LogP contribution in [0.1, 0.15) is 0 Å². The molecule has 0 aliphatic carbocycles. The van der Waals surface area contributed by atoms with Crippen molar-refractivity contribution >= 4 is 8.41 Å². The van der Waals surface area contributed by atoms with Gasteiger partial charge in [0.2, 0.25) is 0 Å². The van der Waals surface area contributed by atoms with Gasteiger partial charge in [0.25, 0.3) is 0 Å². The van der Waals surface area contributed by atoms with E-state index in [0.717, 1.165) is 30.7 Å². The molecule has 0 heterocycles. The summed E-state index contributed by atoms with van der Waals surface area (Å²) in [6.45, 7) is 18.8. The van der Waals surface area contributed by atoms with Crippen molar-refractivity contribution in [3.05, 3.63) is 50.6 Å². The van der Waals surface area contributed by atoms with Gasteiger partial charge in [-0.3, -0.25) is 0 Å². The van der Waals surface area contributed by atoms with Crippen LogP contribution in [-0.2, 0) is 0 Å². The van der Waals surface area contributed by atoms with Crippen molar-refractivity contribution in [2.45, 2.75) is 0 Å². The summed E-state index contributed by atoms with van der Waals surface area (Å²) in [5, 5.41) is 0. The summed E-state index contributed by atoms with van der Waals surface area (Å²) in [5.74, 6) is 0. The fourth-order valence-corrected chi connectivity index (χ4v) is 1.54. The fourth-order valence-electron chi connectivity index (χ4n) is 1.54. The van der Waals surface area contributed by atoms with E-state index in [9.17, 15) is 0 Å². The Morgan fingerprint density at radius 3 is 1.00 bits per heavy atom. The fraction of sp³-hybridized carbons (Fsp3) is 0.333. The minimum absolute atomic E-state index is 0. The highest BCUT2D eigenvalue weighted by molar-refractivity contribution is 5.75. The van der Waals surface area contributed by atoms with Crippen molar-refractivity contribution in [2.24, 2.45) is 0 Å². The minimum Gasteiger partial charge on any atom is -0.311 e. The van der Waals surface area contributed by atoms with Gasteiger partial charge in [0.05, 0.1) is 26.2 Å². The Morgan fingerprint density at radius 2 is 0.857 bits per heavy atom. The average Bonchev–Trinajstić information content (AvgIpc) is 2.06. The quantitative estimate of drug-likeness (QED) is 0.312. The van der Waals surface area contributed by atoms with E-state index in [1.807, 2.05) is 24.3 Å². The third-order valence-corrected chi connectivity index (χ3v) is 2.07. The molecule has 0 unspecified atom stereocenters. The van der Waals surface area contributed by atoms with Crippen LogP contribution < -0.4 is 0 Å². The molecule has 0 amide bonds. The van der Waals surface area contributed by atoms with E-state index in [1.54, 1.807) is 0 Å². The molecule has 1 nitrogen and oxygen atoms in total. The van der Waals surface area contributed by atoms with Gasteiger partial charge in [0.15, 0.2) is 0 Å². The maximum Gasteiger partial charge on any atom is 0.0978 e. The zero-order valence-electron chi connectivity index (χ0n) is 8.99. The molecular weight excluding hydrogens is 169 g/mol. The summed E-state index contributed by atoms with van der Waals surface area (Å²) in [6.07, 6.45) is 7.76. The number of quaternary nitrogens is 1. The van der Waals surface area contributed by atoms with Gasteiger partial charge in [-0.05, 0) is 24.3 Å². The van der Waals surface area contributed by atoms with E-state index < -0.39 is 0 Å². The molecule has 3 radical (unpaired) electrons. The van der Waals surface area contributed by atoms with Crippen LogP contribution in [0.4, 0.5) is 0 Å². The van der Waals surface area contributed by atoms with Crippen molar-refractivity contribution in [3.63, 3.8) is 0 Å². The Bertz CT molecular complexity index is 151. The van der Waals surface area contributed by atoms with E-state index in [1.165, 1.54) is 0 Å². The smallest absolute Gasteiger partial charge is 0.0978 e. The molecule has 75 valence electrons. The average molecular weight is 189 g/mol.